The molecule has 0 saturated carbocycles. The van der Waals surface area contributed by atoms with Gasteiger partial charge in [-0.25, -0.2) is 0 Å². The van der Waals surface area contributed by atoms with Crippen molar-refractivity contribution in [2.24, 2.45) is 0 Å². The summed E-state index contributed by atoms with van der Waals surface area (Å²) in [6.07, 6.45) is 2.47. The van der Waals surface area contributed by atoms with Gasteiger partial charge in [0.1, 0.15) is 6.61 Å². The second kappa shape index (κ2) is 10.1. The van der Waals surface area contributed by atoms with Gasteiger partial charge in [0.15, 0.2) is 11.5 Å². The molecule has 1 aromatic carbocycles. The van der Waals surface area contributed by atoms with E-state index >= 15 is 0 Å². The zero-order valence-corrected chi connectivity index (χ0v) is 13.5. The minimum Gasteiger partial charge on any atom is -0.493 e. The number of unbranched alkanes of at least 4 members (excludes halogenated alkanes) is 1. The van der Waals surface area contributed by atoms with Crippen LogP contribution >= 0.6 is 15.9 Å². The van der Waals surface area contributed by atoms with Crippen molar-refractivity contribution in [3.63, 3.8) is 0 Å². The van der Waals surface area contributed by atoms with E-state index in [1.54, 1.807) is 7.11 Å². The minimum atomic E-state index is 0.692. The summed E-state index contributed by atoms with van der Waals surface area (Å²) in [6.45, 7) is 6.06. The van der Waals surface area contributed by atoms with E-state index in [4.69, 9.17) is 9.47 Å². The number of hydrogen-bond donors (Lipinski definition) is 0. The number of nitrogens with zero attached hydrogens (tertiary/aromatic N) is 1. The molecule has 0 N–H and O–H groups in total. The standard InChI is InChI=1S/C15H24BrNO2/c1-3-4-10-17(11-9-16)12-13-19-15-8-6-5-7-14(15)18-2/h5-8H,3-4,9-13H2,1-2H3. The van der Waals surface area contributed by atoms with Gasteiger partial charge in [-0.05, 0) is 25.1 Å². The molecule has 0 aliphatic carbocycles. The van der Waals surface area contributed by atoms with Crippen molar-refractivity contribution in [3.8, 4) is 11.5 Å². The zero-order valence-electron chi connectivity index (χ0n) is 11.9. The number of benzene rings is 1. The third-order valence-corrected chi connectivity index (χ3v) is 3.32. The van der Waals surface area contributed by atoms with Crippen molar-refractivity contribution in [2.75, 3.05) is 38.7 Å². The van der Waals surface area contributed by atoms with Crippen molar-refractivity contribution < 1.29 is 9.47 Å². The zero-order chi connectivity index (χ0) is 13.9. The predicted molar refractivity (Wildman–Crippen MR) is 83.6 cm³/mol. The molecule has 0 spiro atoms. The number of alkyl halides is 1. The molecule has 1 rings (SSSR count). The van der Waals surface area contributed by atoms with Gasteiger partial charge in [-0.2, -0.15) is 0 Å². The fourth-order valence-corrected chi connectivity index (χ4v) is 2.36. The summed E-state index contributed by atoms with van der Waals surface area (Å²) in [6, 6.07) is 7.78. The summed E-state index contributed by atoms with van der Waals surface area (Å²) < 4.78 is 11.1. The van der Waals surface area contributed by atoms with Crippen LogP contribution in [0.3, 0.4) is 0 Å². The number of rotatable bonds is 10. The fraction of sp³-hybridized carbons (Fsp3) is 0.600. The van der Waals surface area contributed by atoms with Crippen LogP contribution in [0, 0.1) is 0 Å². The van der Waals surface area contributed by atoms with E-state index in [-0.39, 0.29) is 0 Å². The van der Waals surface area contributed by atoms with Gasteiger partial charge >= 0.3 is 0 Å². The molecular weight excluding hydrogens is 306 g/mol. The van der Waals surface area contributed by atoms with Crippen LogP contribution in [0.1, 0.15) is 19.8 Å². The summed E-state index contributed by atoms with van der Waals surface area (Å²) in [4.78, 5) is 2.42. The first-order chi connectivity index (χ1) is 9.31. The fourth-order valence-electron chi connectivity index (χ4n) is 1.86. The Kier molecular flexibility index (Phi) is 8.67. The van der Waals surface area contributed by atoms with Gasteiger partial charge in [-0.3, -0.25) is 4.90 Å². The number of hydrogen-bond acceptors (Lipinski definition) is 3. The summed E-state index contributed by atoms with van der Waals surface area (Å²) in [5, 5.41) is 1.01. The highest BCUT2D eigenvalue weighted by Crippen LogP contribution is 2.25. The van der Waals surface area contributed by atoms with Crippen LogP contribution in [0.5, 0.6) is 11.5 Å². The van der Waals surface area contributed by atoms with E-state index < -0.39 is 0 Å². The number of para-hydroxylation sites is 2. The Labute approximate surface area is 125 Å². The maximum atomic E-state index is 5.80. The van der Waals surface area contributed by atoms with Gasteiger partial charge in [0, 0.05) is 18.4 Å². The molecule has 108 valence electrons. The van der Waals surface area contributed by atoms with Crippen LogP contribution in [0.4, 0.5) is 0 Å². The van der Waals surface area contributed by atoms with Crippen LogP contribution in [-0.4, -0.2) is 43.6 Å². The van der Waals surface area contributed by atoms with Crippen LogP contribution in [0.15, 0.2) is 24.3 Å². The molecule has 0 atom stereocenters. The normalized spacial score (nSPS) is 10.7. The molecule has 0 saturated heterocycles. The summed E-state index contributed by atoms with van der Waals surface area (Å²) in [7, 11) is 1.67. The van der Waals surface area contributed by atoms with Crippen molar-refractivity contribution in [1.82, 2.24) is 4.90 Å². The van der Waals surface area contributed by atoms with E-state index in [1.165, 1.54) is 12.8 Å². The van der Waals surface area contributed by atoms with Gasteiger partial charge in [-0.1, -0.05) is 41.4 Å². The Balaban J connectivity index is 2.38. The minimum absolute atomic E-state index is 0.692. The molecular formula is C15H24BrNO2. The maximum absolute atomic E-state index is 5.80. The first-order valence-corrected chi connectivity index (χ1v) is 7.98. The van der Waals surface area contributed by atoms with Gasteiger partial charge < -0.3 is 9.47 Å². The molecule has 0 amide bonds. The Morgan fingerprint density at radius 2 is 1.84 bits per heavy atom. The lowest BCUT2D eigenvalue weighted by molar-refractivity contribution is 0.210. The Bertz CT molecular complexity index is 347. The molecule has 4 heteroatoms. The van der Waals surface area contributed by atoms with Crippen molar-refractivity contribution >= 4 is 15.9 Å². The van der Waals surface area contributed by atoms with Crippen LogP contribution < -0.4 is 9.47 Å². The van der Waals surface area contributed by atoms with E-state index in [9.17, 15) is 0 Å². The lowest BCUT2D eigenvalue weighted by atomic mass is 10.3. The average molecular weight is 330 g/mol. The van der Waals surface area contributed by atoms with Gasteiger partial charge in [0.25, 0.3) is 0 Å². The van der Waals surface area contributed by atoms with Crippen molar-refractivity contribution in [1.29, 1.82) is 0 Å². The first kappa shape index (κ1) is 16.3. The van der Waals surface area contributed by atoms with Crippen molar-refractivity contribution in [2.45, 2.75) is 19.8 Å². The molecule has 0 aliphatic rings. The predicted octanol–water partition coefficient (Wildman–Crippen LogP) is 3.57. The number of ether oxygens (including phenoxy) is 2. The molecule has 19 heavy (non-hydrogen) atoms. The largest absolute Gasteiger partial charge is 0.493 e. The van der Waals surface area contributed by atoms with E-state index in [1.807, 2.05) is 24.3 Å². The second-order valence-corrected chi connectivity index (χ2v) is 5.18. The number of halogens is 1. The Morgan fingerprint density at radius 3 is 2.47 bits per heavy atom. The molecule has 0 fully saturated rings. The summed E-state index contributed by atoms with van der Waals surface area (Å²) in [5.74, 6) is 1.61. The SMILES string of the molecule is CCCCN(CCBr)CCOc1ccccc1OC. The van der Waals surface area contributed by atoms with Crippen LogP contribution in [-0.2, 0) is 0 Å². The third-order valence-electron chi connectivity index (χ3n) is 2.96. The molecule has 0 aliphatic heterocycles. The molecule has 1 aromatic rings. The highest BCUT2D eigenvalue weighted by atomic mass is 79.9. The molecule has 0 radical (unpaired) electrons. The third kappa shape index (κ3) is 6.30. The molecule has 0 aromatic heterocycles. The Hall–Kier alpha value is -0.740. The molecule has 0 bridgehead atoms. The molecule has 3 nitrogen and oxygen atoms in total. The highest BCUT2D eigenvalue weighted by molar-refractivity contribution is 9.09. The second-order valence-electron chi connectivity index (χ2n) is 4.38. The first-order valence-electron chi connectivity index (χ1n) is 6.86. The summed E-state index contributed by atoms with van der Waals surface area (Å²) in [5.41, 5.74) is 0. The Morgan fingerprint density at radius 1 is 1.11 bits per heavy atom. The highest BCUT2D eigenvalue weighted by Gasteiger charge is 2.06. The molecule has 0 unspecified atom stereocenters. The monoisotopic (exact) mass is 329 g/mol. The van der Waals surface area contributed by atoms with Crippen molar-refractivity contribution in [3.05, 3.63) is 24.3 Å². The quantitative estimate of drug-likeness (QED) is 0.612. The van der Waals surface area contributed by atoms with Gasteiger partial charge in [0.2, 0.25) is 0 Å². The van der Waals surface area contributed by atoms with Gasteiger partial charge in [0.05, 0.1) is 7.11 Å². The van der Waals surface area contributed by atoms with Gasteiger partial charge in [-0.15, -0.1) is 0 Å². The average Bonchev–Trinajstić information content (AvgIpc) is 2.45. The van der Waals surface area contributed by atoms with E-state index in [0.717, 1.165) is 36.5 Å². The van der Waals surface area contributed by atoms with E-state index in [0.29, 0.717) is 6.61 Å². The lowest BCUT2D eigenvalue weighted by Crippen LogP contribution is -2.31. The number of methoxy groups -OCH3 is 1. The lowest BCUT2D eigenvalue weighted by Gasteiger charge is -2.21. The van der Waals surface area contributed by atoms with Crippen LogP contribution in [0.25, 0.3) is 0 Å². The smallest absolute Gasteiger partial charge is 0.161 e. The molecule has 0 heterocycles. The van der Waals surface area contributed by atoms with E-state index in [2.05, 4.69) is 27.8 Å². The maximum Gasteiger partial charge on any atom is 0.161 e. The topological polar surface area (TPSA) is 21.7 Å². The summed E-state index contributed by atoms with van der Waals surface area (Å²) >= 11 is 3.50. The van der Waals surface area contributed by atoms with Crippen LogP contribution in [0.2, 0.25) is 0 Å².